The van der Waals surface area contributed by atoms with Gasteiger partial charge in [-0.3, -0.25) is 14.4 Å². The zero-order chi connectivity index (χ0) is 20.0. The Morgan fingerprint density at radius 3 is 2.00 bits per heavy atom. The number of hydrogen-bond acceptors (Lipinski definition) is 5. The number of Topliss-reactive ketones (excluding diaryl/α,β-unsaturated/α-hetero) is 1. The molecule has 2 rings (SSSR count). The van der Waals surface area contributed by atoms with E-state index in [2.05, 4.69) is 0 Å². The predicted octanol–water partition coefficient (Wildman–Crippen LogP) is 1.54. The Balaban J connectivity index is 1.98. The number of ether oxygens (including phenoxy) is 1. The largest absolute Gasteiger partial charge is 0.450 e. The second-order valence-electron chi connectivity index (χ2n) is 6.27. The molecule has 0 aliphatic carbocycles. The molecule has 0 saturated carbocycles. The van der Waals surface area contributed by atoms with E-state index >= 15 is 0 Å². The Morgan fingerprint density at radius 1 is 0.963 bits per heavy atom. The highest BCUT2D eigenvalue weighted by molar-refractivity contribution is 5.99. The lowest BCUT2D eigenvalue weighted by Crippen LogP contribution is -2.53. The van der Waals surface area contributed by atoms with Crippen molar-refractivity contribution in [2.45, 2.75) is 20.8 Å². The summed E-state index contributed by atoms with van der Waals surface area (Å²) in [7, 11) is 0. The average molecular weight is 375 g/mol. The Morgan fingerprint density at radius 2 is 1.52 bits per heavy atom. The molecule has 0 radical (unpaired) electrons. The number of rotatable bonds is 5. The molecule has 0 bridgehead atoms. The predicted molar refractivity (Wildman–Crippen MR) is 99.6 cm³/mol. The minimum absolute atomic E-state index is 0.0635. The van der Waals surface area contributed by atoms with Crippen LogP contribution < -0.4 is 4.90 Å². The van der Waals surface area contributed by atoms with Crippen LogP contribution >= 0.6 is 0 Å². The fraction of sp³-hybridized carbons (Fsp3) is 0.474. The third-order valence-corrected chi connectivity index (χ3v) is 4.42. The van der Waals surface area contributed by atoms with Crippen molar-refractivity contribution in [1.82, 2.24) is 9.80 Å². The third kappa shape index (κ3) is 5.29. The monoisotopic (exact) mass is 375 g/mol. The van der Waals surface area contributed by atoms with Crippen molar-refractivity contribution in [3.63, 3.8) is 0 Å². The lowest BCUT2D eigenvalue weighted by molar-refractivity contribution is -0.132. The zero-order valence-corrected chi connectivity index (χ0v) is 15.9. The molecule has 0 N–H and O–H groups in total. The van der Waals surface area contributed by atoms with Gasteiger partial charge in [0, 0.05) is 44.4 Å². The molecule has 0 spiro atoms. The van der Waals surface area contributed by atoms with Crippen molar-refractivity contribution in [2.24, 2.45) is 0 Å². The summed E-state index contributed by atoms with van der Waals surface area (Å²) in [5.74, 6) is -0.514. The van der Waals surface area contributed by atoms with Gasteiger partial charge in [-0.15, -0.1) is 0 Å². The van der Waals surface area contributed by atoms with Gasteiger partial charge in [-0.2, -0.15) is 0 Å². The van der Waals surface area contributed by atoms with Crippen LogP contribution in [0.3, 0.4) is 0 Å². The summed E-state index contributed by atoms with van der Waals surface area (Å²) in [6, 6.07) is 6.58. The molecule has 1 aliphatic heterocycles. The molecule has 27 heavy (non-hydrogen) atoms. The number of ketones is 1. The normalized spacial score (nSPS) is 13.9. The minimum atomic E-state index is -0.375. The fourth-order valence-electron chi connectivity index (χ4n) is 2.85. The fourth-order valence-corrected chi connectivity index (χ4v) is 2.85. The van der Waals surface area contributed by atoms with Crippen molar-refractivity contribution in [1.29, 1.82) is 0 Å². The van der Waals surface area contributed by atoms with Crippen LogP contribution in [-0.2, 0) is 14.3 Å². The maximum absolute atomic E-state index is 12.6. The van der Waals surface area contributed by atoms with Crippen LogP contribution in [0, 0.1) is 0 Å². The maximum Gasteiger partial charge on any atom is 0.409 e. The molecule has 1 aromatic carbocycles. The molecule has 1 saturated heterocycles. The Kier molecular flexibility index (Phi) is 6.92. The molecule has 8 heteroatoms. The first-order valence-electron chi connectivity index (χ1n) is 8.92. The lowest BCUT2D eigenvalue weighted by Gasteiger charge is -2.35. The first-order valence-corrected chi connectivity index (χ1v) is 8.92. The van der Waals surface area contributed by atoms with E-state index < -0.39 is 0 Å². The Bertz CT molecular complexity index is 709. The summed E-state index contributed by atoms with van der Waals surface area (Å²) < 4.78 is 4.96. The first-order chi connectivity index (χ1) is 12.8. The minimum Gasteiger partial charge on any atom is -0.450 e. The summed E-state index contributed by atoms with van der Waals surface area (Å²) in [4.78, 5) is 52.3. The van der Waals surface area contributed by atoms with E-state index in [0.29, 0.717) is 44.0 Å². The van der Waals surface area contributed by atoms with Crippen LogP contribution in [-0.4, -0.2) is 72.8 Å². The van der Waals surface area contributed by atoms with Crippen molar-refractivity contribution >= 4 is 29.4 Å². The van der Waals surface area contributed by atoms with Gasteiger partial charge < -0.3 is 19.4 Å². The number of piperazine rings is 1. The number of benzene rings is 1. The molecule has 1 heterocycles. The molecule has 0 unspecified atom stereocenters. The summed E-state index contributed by atoms with van der Waals surface area (Å²) in [5, 5.41) is 0. The van der Waals surface area contributed by atoms with Crippen LogP contribution in [0.2, 0.25) is 0 Å². The SMILES string of the molecule is CCOC(=O)N1CCN(C(=O)CN(C(C)=O)c2ccc(C(C)=O)cc2)CC1. The first kappa shape index (κ1) is 20.4. The van der Waals surface area contributed by atoms with E-state index in [4.69, 9.17) is 4.74 Å². The topological polar surface area (TPSA) is 87.2 Å². The number of anilines is 1. The van der Waals surface area contributed by atoms with E-state index in [9.17, 15) is 19.2 Å². The highest BCUT2D eigenvalue weighted by atomic mass is 16.6. The molecular formula is C19H25N3O5. The molecule has 146 valence electrons. The zero-order valence-electron chi connectivity index (χ0n) is 15.9. The summed E-state index contributed by atoms with van der Waals surface area (Å²) >= 11 is 0. The van der Waals surface area contributed by atoms with Crippen LogP contribution in [0.5, 0.6) is 0 Å². The third-order valence-electron chi connectivity index (χ3n) is 4.42. The number of hydrogen-bond donors (Lipinski definition) is 0. The summed E-state index contributed by atoms with van der Waals surface area (Å²) in [6.07, 6.45) is -0.375. The van der Waals surface area contributed by atoms with Crippen molar-refractivity contribution in [3.8, 4) is 0 Å². The molecule has 3 amide bonds. The summed E-state index contributed by atoms with van der Waals surface area (Å²) in [6.45, 7) is 6.43. The summed E-state index contributed by atoms with van der Waals surface area (Å²) in [5.41, 5.74) is 1.11. The lowest BCUT2D eigenvalue weighted by atomic mass is 10.1. The van der Waals surface area contributed by atoms with Gasteiger partial charge in [0.2, 0.25) is 11.8 Å². The van der Waals surface area contributed by atoms with Crippen LogP contribution in [0.4, 0.5) is 10.5 Å². The number of nitrogens with zero attached hydrogens (tertiary/aromatic N) is 3. The molecule has 0 atom stereocenters. The van der Waals surface area contributed by atoms with Gasteiger partial charge >= 0.3 is 6.09 Å². The Labute approximate surface area is 158 Å². The standard InChI is InChI=1S/C19H25N3O5/c1-4-27-19(26)21-11-9-20(10-12-21)18(25)13-22(15(3)24)17-7-5-16(6-8-17)14(2)23/h5-8H,4,9-13H2,1-3H3. The average Bonchev–Trinajstić information content (AvgIpc) is 2.66. The van der Waals surface area contributed by atoms with Gasteiger partial charge in [0.25, 0.3) is 0 Å². The molecule has 8 nitrogen and oxygen atoms in total. The van der Waals surface area contributed by atoms with E-state index in [-0.39, 0.29) is 30.2 Å². The molecule has 0 aromatic heterocycles. The van der Waals surface area contributed by atoms with E-state index in [0.717, 1.165) is 0 Å². The molecule has 1 aliphatic rings. The van der Waals surface area contributed by atoms with E-state index in [1.165, 1.54) is 18.7 Å². The van der Waals surface area contributed by atoms with Crippen LogP contribution in [0.25, 0.3) is 0 Å². The number of amides is 3. The highest BCUT2D eigenvalue weighted by Crippen LogP contribution is 2.17. The second kappa shape index (κ2) is 9.16. The number of carbonyl (C=O) groups excluding carboxylic acids is 4. The van der Waals surface area contributed by atoms with Gasteiger partial charge in [-0.1, -0.05) is 0 Å². The van der Waals surface area contributed by atoms with Crippen molar-refractivity contribution < 1.29 is 23.9 Å². The number of carbonyl (C=O) groups is 4. The molecule has 1 aromatic rings. The van der Waals surface area contributed by atoms with Crippen LogP contribution in [0.15, 0.2) is 24.3 Å². The maximum atomic E-state index is 12.6. The van der Waals surface area contributed by atoms with Gasteiger partial charge in [-0.05, 0) is 38.1 Å². The molecular weight excluding hydrogens is 350 g/mol. The van der Waals surface area contributed by atoms with E-state index in [1.807, 2.05) is 0 Å². The van der Waals surface area contributed by atoms with Gasteiger partial charge in [0.15, 0.2) is 5.78 Å². The quantitative estimate of drug-likeness (QED) is 0.729. The van der Waals surface area contributed by atoms with Crippen LogP contribution in [0.1, 0.15) is 31.1 Å². The van der Waals surface area contributed by atoms with Crippen molar-refractivity contribution in [3.05, 3.63) is 29.8 Å². The second-order valence-corrected chi connectivity index (χ2v) is 6.27. The van der Waals surface area contributed by atoms with E-state index in [1.54, 1.807) is 41.0 Å². The van der Waals surface area contributed by atoms with Gasteiger partial charge in [-0.25, -0.2) is 4.79 Å². The highest BCUT2D eigenvalue weighted by Gasteiger charge is 2.26. The molecule has 1 fully saturated rings. The smallest absolute Gasteiger partial charge is 0.409 e. The van der Waals surface area contributed by atoms with Gasteiger partial charge in [0.1, 0.15) is 6.54 Å². The van der Waals surface area contributed by atoms with Crippen molar-refractivity contribution in [2.75, 3.05) is 44.2 Å². The van der Waals surface area contributed by atoms with Gasteiger partial charge in [0.05, 0.1) is 6.61 Å². The Hall–Kier alpha value is -2.90.